The largest absolute Gasteiger partial charge is 0.347 e. The van der Waals surface area contributed by atoms with Gasteiger partial charge in [0.25, 0.3) is 0 Å². The molecule has 2 rings (SSSR count). The molecular formula is C15H22N2. The molecule has 0 fully saturated rings. The number of rotatable bonds is 5. The minimum Gasteiger partial charge on any atom is -0.347 e. The molecule has 1 heterocycles. The lowest BCUT2D eigenvalue weighted by atomic mass is 10.1. The van der Waals surface area contributed by atoms with Gasteiger partial charge >= 0.3 is 0 Å². The van der Waals surface area contributed by atoms with Gasteiger partial charge in [-0.1, -0.05) is 32.4 Å². The van der Waals surface area contributed by atoms with Gasteiger partial charge in [-0.25, -0.2) is 0 Å². The topological polar surface area (TPSA) is 17.0 Å². The third-order valence-electron chi connectivity index (χ3n) is 3.48. The van der Waals surface area contributed by atoms with Crippen molar-refractivity contribution in [2.75, 3.05) is 7.05 Å². The van der Waals surface area contributed by atoms with Crippen LogP contribution in [0.5, 0.6) is 0 Å². The molecule has 0 saturated heterocycles. The first-order valence-electron chi connectivity index (χ1n) is 6.47. The highest BCUT2D eigenvalue weighted by Gasteiger charge is 2.07. The second-order valence-corrected chi connectivity index (χ2v) is 4.86. The van der Waals surface area contributed by atoms with Gasteiger partial charge in [-0.3, -0.25) is 0 Å². The molecular weight excluding hydrogens is 208 g/mol. The molecule has 1 N–H and O–H groups in total. The summed E-state index contributed by atoms with van der Waals surface area (Å²) >= 11 is 0. The van der Waals surface area contributed by atoms with Gasteiger partial charge in [0.05, 0.1) is 0 Å². The minimum absolute atomic E-state index is 0.735. The molecule has 0 aliphatic heterocycles. The zero-order chi connectivity index (χ0) is 12.3. The highest BCUT2D eigenvalue weighted by molar-refractivity contribution is 5.83. The zero-order valence-corrected chi connectivity index (χ0v) is 11.0. The average molecular weight is 230 g/mol. The summed E-state index contributed by atoms with van der Waals surface area (Å²) in [6, 6.07) is 8.82. The monoisotopic (exact) mass is 230 g/mol. The number of hydrogen-bond donors (Lipinski definition) is 1. The summed E-state index contributed by atoms with van der Waals surface area (Å²) < 4.78 is 2.38. The first kappa shape index (κ1) is 12.2. The lowest BCUT2D eigenvalue weighted by Crippen LogP contribution is -2.06. The van der Waals surface area contributed by atoms with Crippen LogP contribution in [0.4, 0.5) is 0 Å². The van der Waals surface area contributed by atoms with E-state index in [1.807, 2.05) is 7.05 Å². The third kappa shape index (κ3) is 2.52. The van der Waals surface area contributed by atoms with E-state index in [-0.39, 0.29) is 0 Å². The van der Waals surface area contributed by atoms with Crippen molar-refractivity contribution in [2.45, 2.75) is 33.4 Å². The van der Waals surface area contributed by atoms with Crippen LogP contribution in [0.2, 0.25) is 0 Å². The molecule has 2 nitrogen and oxygen atoms in total. The van der Waals surface area contributed by atoms with E-state index in [2.05, 4.69) is 54.2 Å². The van der Waals surface area contributed by atoms with Crippen molar-refractivity contribution in [1.29, 1.82) is 0 Å². The predicted octanol–water partition coefficient (Wildman–Crippen LogP) is 3.41. The molecule has 0 aliphatic carbocycles. The van der Waals surface area contributed by atoms with Crippen LogP contribution in [0.1, 0.15) is 25.8 Å². The van der Waals surface area contributed by atoms with Gasteiger partial charge in [0.2, 0.25) is 0 Å². The highest BCUT2D eigenvalue weighted by atomic mass is 15.0. The molecule has 1 aromatic carbocycles. The fourth-order valence-corrected chi connectivity index (χ4v) is 2.26. The fraction of sp³-hybridized carbons (Fsp3) is 0.467. The molecule has 2 heteroatoms. The Morgan fingerprint density at radius 3 is 2.82 bits per heavy atom. The van der Waals surface area contributed by atoms with Crippen LogP contribution in [0.15, 0.2) is 30.5 Å². The molecule has 92 valence electrons. The summed E-state index contributed by atoms with van der Waals surface area (Å²) in [4.78, 5) is 0. The molecule has 1 aromatic heterocycles. The Morgan fingerprint density at radius 2 is 2.12 bits per heavy atom. The summed E-state index contributed by atoms with van der Waals surface area (Å²) in [5.74, 6) is 0.735. The second-order valence-electron chi connectivity index (χ2n) is 4.86. The Bertz CT molecular complexity index is 485. The van der Waals surface area contributed by atoms with Crippen molar-refractivity contribution in [3.8, 4) is 0 Å². The van der Waals surface area contributed by atoms with E-state index in [1.54, 1.807) is 0 Å². The van der Waals surface area contributed by atoms with Crippen LogP contribution in [0.25, 0.3) is 10.9 Å². The SMILES string of the molecule is CCC(C)Cn1ccc2c(CNC)cccc21. The number of benzene rings is 1. The van der Waals surface area contributed by atoms with Crippen LogP contribution >= 0.6 is 0 Å². The Morgan fingerprint density at radius 1 is 1.29 bits per heavy atom. The first-order chi connectivity index (χ1) is 8.26. The van der Waals surface area contributed by atoms with Crippen LogP contribution < -0.4 is 5.32 Å². The maximum absolute atomic E-state index is 3.23. The maximum atomic E-state index is 3.23. The van der Waals surface area contributed by atoms with E-state index >= 15 is 0 Å². The number of hydrogen-bond acceptors (Lipinski definition) is 1. The lowest BCUT2D eigenvalue weighted by Gasteiger charge is -2.11. The van der Waals surface area contributed by atoms with Crippen molar-refractivity contribution < 1.29 is 0 Å². The smallest absolute Gasteiger partial charge is 0.0483 e. The Kier molecular flexibility index (Phi) is 3.85. The van der Waals surface area contributed by atoms with E-state index < -0.39 is 0 Å². The summed E-state index contributed by atoms with van der Waals surface area (Å²) in [5.41, 5.74) is 2.74. The molecule has 0 saturated carbocycles. The number of aromatic nitrogens is 1. The summed E-state index contributed by atoms with van der Waals surface area (Å²) in [5, 5.41) is 4.61. The van der Waals surface area contributed by atoms with E-state index in [0.717, 1.165) is 19.0 Å². The van der Waals surface area contributed by atoms with Gasteiger partial charge in [-0.2, -0.15) is 0 Å². The minimum atomic E-state index is 0.735. The molecule has 1 unspecified atom stereocenters. The van der Waals surface area contributed by atoms with E-state index in [0.29, 0.717) is 0 Å². The van der Waals surface area contributed by atoms with E-state index in [4.69, 9.17) is 0 Å². The van der Waals surface area contributed by atoms with Crippen molar-refractivity contribution in [2.24, 2.45) is 5.92 Å². The number of nitrogens with zero attached hydrogens (tertiary/aromatic N) is 1. The molecule has 0 aliphatic rings. The van der Waals surface area contributed by atoms with E-state index in [1.165, 1.54) is 22.9 Å². The van der Waals surface area contributed by atoms with Gasteiger partial charge < -0.3 is 9.88 Å². The second kappa shape index (κ2) is 5.37. The Hall–Kier alpha value is -1.28. The molecule has 0 bridgehead atoms. The summed E-state index contributed by atoms with van der Waals surface area (Å²) in [6.45, 7) is 6.61. The third-order valence-corrected chi connectivity index (χ3v) is 3.48. The molecule has 0 amide bonds. The van der Waals surface area contributed by atoms with Crippen molar-refractivity contribution in [1.82, 2.24) is 9.88 Å². The van der Waals surface area contributed by atoms with Crippen molar-refractivity contribution in [3.63, 3.8) is 0 Å². The number of nitrogens with one attached hydrogen (secondary N) is 1. The maximum Gasteiger partial charge on any atom is 0.0483 e. The van der Waals surface area contributed by atoms with Crippen LogP contribution in [-0.2, 0) is 13.1 Å². The molecule has 0 radical (unpaired) electrons. The van der Waals surface area contributed by atoms with E-state index in [9.17, 15) is 0 Å². The van der Waals surface area contributed by atoms with Gasteiger partial charge in [0.1, 0.15) is 0 Å². The van der Waals surface area contributed by atoms with Crippen molar-refractivity contribution >= 4 is 10.9 Å². The van der Waals surface area contributed by atoms with Crippen molar-refractivity contribution in [3.05, 3.63) is 36.0 Å². The predicted molar refractivity (Wildman–Crippen MR) is 74.2 cm³/mol. The van der Waals surface area contributed by atoms with Gasteiger partial charge in [0.15, 0.2) is 0 Å². The molecule has 17 heavy (non-hydrogen) atoms. The highest BCUT2D eigenvalue weighted by Crippen LogP contribution is 2.21. The molecule has 2 aromatic rings. The fourth-order valence-electron chi connectivity index (χ4n) is 2.26. The standard InChI is InChI=1S/C15H22N2/c1-4-12(2)11-17-9-8-14-13(10-16-3)6-5-7-15(14)17/h5-9,12,16H,4,10-11H2,1-3H3. The number of fused-ring (bicyclic) bond motifs is 1. The van der Waals surface area contributed by atoms with Gasteiger partial charge in [-0.05, 0) is 30.7 Å². The van der Waals surface area contributed by atoms with Gasteiger partial charge in [-0.15, -0.1) is 0 Å². The van der Waals surface area contributed by atoms with Crippen LogP contribution in [0, 0.1) is 5.92 Å². The molecule has 1 atom stereocenters. The average Bonchev–Trinajstić information content (AvgIpc) is 2.74. The summed E-state index contributed by atoms with van der Waals surface area (Å²) in [6.07, 6.45) is 3.45. The molecule has 0 spiro atoms. The summed E-state index contributed by atoms with van der Waals surface area (Å²) in [7, 11) is 2.00. The van der Waals surface area contributed by atoms with Crippen LogP contribution in [0.3, 0.4) is 0 Å². The first-order valence-corrected chi connectivity index (χ1v) is 6.47. The zero-order valence-electron chi connectivity index (χ0n) is 11.0. The Balaban J connectivity index is 2.36. The Labute approximate surface area is 104 Å². The quantitative estimate of drug-likeness (QED) is 0.833. The normalized spacial score (nSPS) is 13.1. The van der Waals surface area contributed by atoms with Crippen LogP contribution in [-0.4, -0.2) is 11.6 Å². The van der Waals surface area contributed by atoms with Gasteiger partial charge in [0, 0.05) is 30.2 Å². The lowest BCUT2D eigenvalue weighted by molar-refractivity contribution is 0.477.